The molecule has 0 saturated carbocycles. The zero-order valence-electron chi connectivity index (χ0n) is 18.5. The number of nitrogens with zero attached hydrogens (tertiary/aromatic N) is 2. The van der Waals surface area contributed by atoms with Crippen LogP contribution in [0, 0.1) is 0 Å². The molecule has 2 aromatic rings. The molecule has 0 bridgehead atoms. The Bertz CT molecular complexity index is 733. The molecule has 4 rings (SSSR count). The number of carbonyl (C=O) groups is 1. The summed E-state index contributed by atoms with van der Waals surface area (Å²) >= 11 is 8.75. The number of halogens is 2. The zero-order chi connectivity index (χ0) is 23.6. The summed E-state index contributed by atoms with van der Waals surface area (Å²) in [6.45, 7) is 5.01. The van der Waals surface area contributed by atoms with Gasteiger partial charge in [0.05, 0.1) is 6.42 Å². The smallest absolute Gasteiger partial charge is 0.307 e. The van der Waals surface area contributed by atoms with E-state index in [4.69, 9.17) is 34.0 Å². The maximum Gasteiger partial charge on any atom is 0.307 e. The summed E-state index contributed by atoms with van der Waals surface area (Å²) in [4.78, 5) is 18.1. The van der Waals surface area contributed by atoms with Crippen molar-refractivity contribution >= 4 is 41.3 Å². The van der Waals surface area contributed by atoms with Gasteiger partial charge in [-0.3, -0.25) is 4.79 Å². The number of hydrogen-bond donors (Lipinski definition) is 1. The molecule has 0 aliphatic carbocycles. The van der Waals surface area contributed by atoms with Crippen molar-refractivity contribution in [2.45, 2.75) is 57.9 Å². The molecule has 2 aromatic heterocycles. The molecule has 2 saturated heterocycles. The molecule has 0 aromatic carbocycles. The average Bonchev–Trinajstić information content (AvgIpc) is 3.49. The van der Waals surface area contributed by atoms with Gasteiger partial charge in [-0.05, 0) is 71.3 Å². The van der Waals surface area contributed by atoms with E-state index in [2.05, 4.69) is 32.8 Å². The minimum atomic E-state index is -0.839. The van der Waals surface area contributed by atoms with E-state index in [0.717, 1.165) is 45.5 Å². The third-order valence-electron chi connectivity index (χ3n) is 4.26. The van der Waals surface area contributed by atoms with Crippen molar-refractivity contribution in [2.75, 3.05) is 19.8 Å². The van der Waals surface area contributed by atoms with E-state index in [1.54, 1.807) is 12.1 Å². The fourth-order valence-corrected chi connectivity index (χ4v) is 2.99. The largest absolute Gasteiger partial charge is 0.481 e. The molecule has 2 fully saturated rings. The van der Waals surface area contributed by atoms with Gasteiger partial charge in [-0.25, -0.2) is 9.97 Å². The predicted molar refractivity (Wildman–Crippen MR) is 131 cm³/mol. The van der Waals surface area contributed by atoms with Crippen molar-refractivity contribution in [2.24, 2.45) is 0 Å². The Kier molecular flexibility index (Phi) is 16.1. The van der Waals surface area contributed by atoms with Crippen LogP contribution in [0.4, 0.5) is 0 Å². The summed E-state index contributed by atoms with van der Waals surface area (Å²) in [5.41, 5.74) is 1.97. The molecule has 32 heavy (non-hydrogen) atoms. The minimum absolute atomic E-state index is 0.0281. The number of carboxylic acids is 1. The highest BCUT2D eigenvalue weighted by molar-refractivity contribution is 9.10. The van der Waals surface area contributed by atoms with Crippen molar-refractivity contribution in [3.8, 4) is 0 Å². The van der Waals surface area contributed by atoms with Gasteiger partial charge in [0.15, 0.2) is 0 Å². The number of hydrogen-bond acceptors (Lipinski definition) is 5. The van der Waals surface area contributed by atoms with Gasteiger partial charge in [0.1, 0.15) is 17.6 Å². The molecule has 174 valence electrons. The Labute approximate surface area is 205 Å². The first-order chi connectivity index (χ1) is 15.4. The molecule has 1 atom stereocenters. The van der Waals surface area contributed by atoms with Gasteiger partial charge in [0.25, 0.3) is 0 Å². The molecular weight excluding hydrogens is 494 g/mol. The quantitative estimate of drug-likeness (QED) is 0.434. The number of ether oxygens (including phenoxy) is 2. The van der Waals surface area contributed by atoms with Gasteiger partial charge in [-0.1, -0.05) is 37.1 Å². The standard InChI is InChI=1S/C8H10ClN.C7H6BrNO2.C4H7BO.C4H8O/c1-2-3-7-4-5-8(9)10-6-7;8-6-2-1-5(4-9-6)3-7(10)11;5-4-2-1-3-6-4;1-2-4-5-3-1/h4-6H,2-3H2,1H3;1-2,4H,3H2,(H,10,11);4H,1-3H2;1-4H2. The summed E-state index contributed by atoms with van der Waals surface area (Å²) in [6.07, 6.45) is 10.4. The number of aliphatic carboxylic acids is 1. The van der Waals surface area contributed by atoms with Crippen LogP contribution in [0.2, 0.25) is 5.15 Å². The molecule has 2 aliphatic heterocycles. The molecule has 2 radical (unpaired) electrons. The van der Waals surface area contributed by atoms with E-state index in [1.807, 2.05) is 18.3 Å². The molecule has 2 aliphatic rings. The van der Waals surface area contributed by atoms with Gasteiger partial charge >= 0.3 is 5.97 Å². The second-order valence-corrected chi connectivity index (χ2v) is 8.37. The lowest BCUT2D eigenvalue weighted by Crippen LogP contribution is -2.01. The van der Waals surface area contributed by atoms with E-state index in [-0.39, 0.29) is 12.4 Å². The topological polar surface area (TPSA) is 81.5 Å². The molecule has 0 spiro atoms. The van der Waals surface area contributed by atoms with Gasteiger partial charge in [-0.2, -0.15) is 0 Å². The second kappa shape index (κ2) is 18.0. The third-order valence-corrected chi connectivity index (χ3v) is 4.96. The Morgan fingerprint density at radius 1 is 1.12 bits per heavy atom. The average molecular weight is 526 g/mol. The van der Waals surface area contributed by atoms with E-state index >= 15 is 0 Å². The first-order valence-corrected chi connectivity index (χ1v) is 12.0. The summed E-state index contributed by atoms with van der Waals surface area (Å²) in [7, 11) is 5.31. The predicted octanol–water partition coefficient (Wildman–Crippen LogP) is 5.25. The van der Waals surface area contributed by atoms with Gasteiger partial charge in [-0.15, -0.1) is 0 Å². The van der Waals surface area contributed by atoms with E-state index in [1.165, 1.54) is 24.6 Å². The van der Waals surface area contributed by atoms with Crippen LogP contribution in [0.1, 0.15) is 50.2 Å². The molecule has 1 unspecified atom stereocenters. The van der Waals surface area contributed by atoms with Crippen molar-refractivity contribution in [3.05, 3.63) is 57.5 Å². The van der Waals surface area contributed by atoms with Crippen molar-refractivity contribution < 1.29 is 19.4 Å². The summed E-state index contributed by atoms with van der Waals surface area (Å²) in [5, 5.41) is 8.97. The molecule has 6 nitrogen and oxygen atoms in total. The lowest BCUT2D eigenvalue weighted by Gasteiger charge is -1.95. The van der Waals surface area contributed by atoms with Crippen LogP contribution < -0.4 is 0 Å². The normalized spacial score (nSPS) is 16.5. The van der Waals surface area contributed by atoms with Gasteiger partial charge in [0.2, 0.25) is 0 Å². The van der Waals surface area contributed by atoms with Gasteiger partial charge in [0, 0.05) is 38.2 Å². The summed E-state index contributed by atoms with van der Waals surface area (Å²) < 4.78 is 10.6. The van der Waals surface area contributed by atoms with Crippen LogP contribution >= 0.6 is 27.5 Å². The van der Waals surface area contributed by atoms with E-state index in [9.17, 15) is 4.79 Å². The van der Waals surface area contributed by atoms with Crippen LogP contribution in [-0.4, -0.2) is 54.7 Å². The molecule has 1 N–H and O–H groups in total. The highest BCUT2D eigenvalue weighted by Crippen LogP contribution is 2.08. The summed E-state index contributed by atoms with van der Waals surface area (Å²) in [5.74, 6) is -0.839. The number of pyridine rings is 2. The number of aryl methyl sites for hydroxylation is 1. The Hall–Kier alpha value is -1.48. The Morgan fingerprint density at radius 3 is 2.19 bits per heavy atom. The lowest BCUT2D eigenvalue weighted by molar-refractivity contribution is -0.136. The van der Waals surface area contributed by atoms with Crippen LogP contribution in [0.3, 0.4) is 0 Å². The van der Waals surface area contributed by atoms with Crippen LogP contribution in [0.25, 0.3) is 0 Å². The highest BCUT2D eigenvalue weighted by atomic mass is 79.9. The fraction of sp³-hybridized carbons (Fsp3) is 0.522. The Morgan fingerprint density at radius 2 is 1.81 bits per heavy atom. The maximum atomic E-state index is 10.2. The van der Waals surface area contributed by atoms with Crippen molar-refractivity contribution in [3.63, 3.8) is 0 Å². The molecule has 4 heterocycles. The van der Waals surface area contributed by atoms with Crippen molar-refractivity contribution in [1.29, 1.82) is 0 Å². The second-order valence-electron chi connectivity index (χ2n) is 7.17. The van der Waals surface area contributed by atoms with E-state index < -0.39 is 5.97 Å². The highest BCUT2D eigenvalue weighted by Gasteiger charge is 2.06. The first-order valence-electron chi connectivity index (χ1n) is 10.8. The number of carboxylic acid groups (broad SMARTS) is 1. The monoisotopic (exact) mass is 524 g/mol. The SMILES string of the molecule is C1CCOC1.CCCc1ccc(Cl)nc1.O=C(O)Cc1ccc(Br)nc1.[B]C1CCCO1. The third kappa shape index (κ3) is 15.3. The number of aromatic nitrogens is 2. The fourth-order valence-electron chi connectivity index (χ4n) is 2.64. The van der Waals surface area contributed by atoms with Crippen LogP contribution in [0.5, 0.6) is 0 Å². The minimum Gasteiger partial charge on any atom is -0.481 e. The first kappa shape index (κ1) is 28.6. The van der Waals surface area contributed by atoms with Crippen molar-refractivity contribution in [1.82, 2.24) is 9.97 Å². The summed E-state index contributed by atoms with van der Waals surface area (Å²) in [6, 6.07) is 7.33. The molecule has 0 amide bonds. The van der Waals surface area contributed by atoms with E-state index in [0.29, 0.717) is 15.3 Å². The maximum absolute atomic E-state index is 10.2. The molecular formula is C23H31BBrClN2O4. The Balaban J connectivity index is 0.000000223. The lowest BCUT2D eigenvalue weighted by atomic mass is 9.98. The van der Waals surface area contributed by atoms with Crippen LogP contribution in [-0.2, 0) is 27.1 Å². The molecule has 9 heteroatoms. The van der Waals surface area contributed by atoms with Gasteiger partial charge < -0.3 is 14.6 Å². The number of rotatable bonds is 4. The van der Waals surface area contributed by atoms with Crippen LogP contribution in [0.15, 0.2) is 41.3 Å². The zero-order valence-corrected chi connectivity index (χ0v) is 20.9.